The molecule has 0 bridgehead atoms. The summed E-state index contributed by atoms with van der Waals surface area (Å²) < 4.78 is 26.6. The molecule has 0 amide bonds. The van der Waals surface area contributed by atoms with Gasteiger partial charge in [-0.25, -0.2) is 13.1 Å². The average Bonchev–Trinajstić information content (AvgIpc) is 2.37. The molecule has 2 N–H and O–H groups in total. The van der Waals surface area contributed by atoms with Gasteiger partial charge in [0.1, 0.15) is 0 Å². The van der Waals surface area contributed by atoms with Crippen molar-refractivity contribution in [2.75, 3.05) is 6.54 Å². The molecule has 0 saturated heterocycles. The zero-order chi connectivity index (χ0) is 14.5. The van der Waals surface area contributed by atoms with Gasteiger partial charge in [-0.05, 0) is 23.0 Å². The third-order valence-electron chi connectivity index (χ3n) is 3.29. The zero-order valence-electron chi connectivity index (χ0n) is 11.8. The maximum atomic E-state index is 12.0. The van der Waals surface area contributed by atoms with E-state index in [0.717, 1.165) is 17.5 Å². The third kappa shape index (κ3) is 5.72. The second kappa shape index (κ2) is 6.50. The molecule has 0 aromatic heterocycles. The number of sulfonamides is 1. The molecule has 0 spiro atoms. The Hall–Kier alpha value is -0.910. The lowest BCUT2D eigenvalue weighted by Crippen LogP contribution is -2.34. The quantitative estimate of drug-likeness (QED) is 0.805. The number of aliphatic hydroxyl groups excluding tert-OH is 1. The summed E-state index contributed by atoms with van der Waals surface area (Å²) in [6.07, 6.45) is 0.917. The molecule has 0 radical (unpaired) electrons. The topological polar surface area (TPSA) is 66.4 Å². The molecule has 1 rings (SSSR count). The summed E-state index contributed by atoms with van der Waals surface area (Å²) in [5.41, 5.74) is 1.47. The minimum Gasteiger partial charge on any atom is -0.392 e. The molecule has 0 heterocycles. The molecular formula is C14H23NO3S. The predicted octanol–water partition coefficient (Wildman–Crippen LogP) is 2.03. The van der Waals surface area contributed by atoms with E-state index in [1.807, 2.05) is 20.8 Å². The highest BCUT2D eigenvalue weighted by Crippen LogP contribution is 2.18. The van der Waals surface area contributed by atoms with Gasteiger partial charge in [-0.2, -0.15) is 0 Å². The molecular weight excluding hydrogens is 262 g/mol. The summed E-state index contributed by atoms with van der Waals surface area (Å²) in [4.78, 5) is 0. The van der Waals surface area contributed by atoms with Crippen LogP contribution in [0.25, 0.3) is 0 Å². The first kappa shape index (κ1) is 16.1. The normalized spacial score (nSPS) is 12.6. The van der Waals surface area contributed by atoms with Crippen molar-refractivity contribution in [1.82, 2.24) is 4.72 Å². The standard InChI is InChI=1S/C14H23NO3S/c1-4-14(2,3)11-15-19(17,18)10-13-7-5-12(9-16)6-8-13/h5-8,15-16H,4,9-11H2,1-3H3. The highest BCUT2D eigenvalue weighted by atomic mass is 32.2. The Morgan fingerprint density at radius 2 is 1.68 bits per heavy atom. The van der Waals surface area contributed by atoms with Crippen molar-refractivity contribution in [2.45, 2.75) is 39.6 Å². The van der Waals surface area contributed by atoms with E-state index in [2.05, 4.69) is 4.72 Å². The second-order valence-corrected chi connectivity index (χ2v) is 7.38. The highest BCUT2D eigenvalue weighted by Gasteiger charge is 2.19. The monoisotopic (exact) mass is 285 g/mol. The van der Waals surface area contributed by atoms with Crippen molar-refractivity contribution >= 4 is 10.0 Å². The molecule has 0 aliphatic carbocycles. The molecule has 4 nitrogen and oxygen atoms in total. The Kier molecular flexibility index (Phi) is 5.52. The first-order valence-corrected chi connectivity index (χ1v) is 8.09. The van der Waals surface area contributed by atoms with E-state index in [9.17, 15) is 8.42 Å². The minimum absolute atomic E-state index is 0.0293. The molecule has 0 saturated carbocycles. The van der Waals surface area contributed by atoms with Crippen LogP contribution in [0.3, 0.4) is 0 Å². The molecule has 0 aliphatic rings. The Morgan fingerprint density at radius 1 is 1.16 bits per heavy atom. The maximum absolute atomic E-state index is 12.0. The van der Waals surface area contributed by atoms with Crippen LogP contribution in [0.1, 0.15) is 38.3 Å². The Balaban J connectivity index is 2.63. The van der Waals surface area contributed by atoms with Crippen LogP contribution < -0.4 is 4.72 Å². The minimum atomic E-state index is -3.31. The first-order chi connectivity index (χ1) is 8.78. The number of benzene rings is 1. The number of nitrogens with one attached hydrogen (secondary N) is 1. The van der Waals surface area contributed by atoms with Gasteiger partial charge in [-0.15, -0.1) is 0 Å². The Labute approximate surface area is 115 Å². The third-order valence-corrected chi connectivity index (χ3v) is 4.59. The molecule has 0 aliphatic heterocycles. The summed E-state index contributed by atoms with van der Waals surface area (Å²) in [5, 5.41) is 8.93. The van der Waals surface area contributed by atoms with Crippen molar-refractivity contribution in [2.24, 2.45) is 5.41 Å². The van der Waals surface area contributed by atoms with E-state index in [-0.39, 0.29) is 17.8 Å². The fourth-order valence-corrected chi connectivity index (χ4v) is 2.79. The van der Waals surface area contributed by atoms with Gasteiger partial charge in [0.05, 0.1) is 12.4 Å². The zero-order valence-corrected chi connectivity index (χ0v) is 12.6. The fraction of sp³-hybridized carbons (Fsp3) is 0.571. The smallest absolute Gasteiger partial charge is 0.215 e. The van der Waals surface area contributed by atoms with Gasteiger partial charge < -0.3 is 5.11 Å². The van der Waals surface area contributed by atoms with Crippen LogP contribution >= 0.6 is 0 Å². The van der Waals surface area contributed by atoms with E-state index < -0.39 is 10.0 Å². The van der Waals surface area contributed by atoms with Crippen LogP contribution in [-0.4, -0.2) is 20.1 Å². The molecule has 19 heavy (non-hydrogen) atoms. The predicted molar refractivity (Wildman–Crippen MR) is 77.1 cm³/mol. The SMILES string of the molecule is CCC(C)(C)CNS(=O)(=O)Cc1ccc(CO)cc1. The highest BCUT2D eigenvalue weighted by molar-refractivity contribution is 7.88. The summed E-state index contributed by atoms with van der Waals surface area (Å²) >= 11 is 0. The molecule has 108 valence electrons. The molecule has 1 aromatic rings. The largest absolute Gasteiger partial charge is 0.392 e. The van der Waals surface area contributed by atoms with E-state index in [1.54, 1.807) is 24.3 Å². The summed E-state index contributed by atoms with van der Waals surface area (Å²) in [7, 11) is -3.31. The van der Waals surface area contributed by atoms with E-state index in [1.165, 1.54) is 0 Å². The average molecular weight is 285 g/mol. The van der Waals surface area contributed by atoms with Gasteiger partial charge in [0.2, 0.25) is 10.0 Å². The van der Waals surface area contributed by atoms with Gasteiger partial charge in [-0.1, -0.05) is 45.0 Å². The lowest BCUT2D eigenvalue weighted by molar-refractivity contribution is 0.282. The van der Waals surface area contributed by atoms with Crippen LogP contribution in [0.5, 0.6) is 0 Å². The van der Waals surface area contributed by atoms with Crippen LogP contribution in [0, 0.1) is 5.41 Å². The van der Waals surface area contributed by atoms with Gasteiger partial charge in [-0.3, -0.25) is 0 Å². The van der Waals surface area contributed by atoms with Gasteiger partial charge in [0, 0.05) is 6.54 Å². The van der Waals surface area contributed by atoms with Crippen molar-refractivity contribution in [3.05, 3.63) is 35.4 Å². The maximum Gasteiger partial charge on any atom is 0.215 e. The Morgan fingerprint density at radius 3 is 2.16 bits per heavy atom. The number of aliphatic hydroxyl groups is 1. The molecule has 5 heteroatoms. The van der Waals surface area contributed by atoms with Crippen molar-refractivity contribution in [3.8, 4) is 0 Å². The van der Waals surface area contributed by atoms with E-state index >= 15 is 0 Å². The molecule has 1 aromatic carbocycles. The van der Waals surface area contributed by atoms with E-state index in [4.69, 9.17) is 5.11 Å². The van der Waals surface area contributed by atoms with Crippen LogP contribution in [0.4, 0.5) is 0 Å². The first-order valence-electron chi connectivity index (χ1n) is 6.44. The number of rotatable bonds is 7. The summed E-state index contributed by atoms with van der Waals surface area (Å²) in [6, 6.07) is 6.94. The van der Waals surface area contributed by atoms with Crippen LogP contribution in [0.15, 0.2) is 24.3 Å². The molecule has 0 unspecified atom stereocenters. The molecule has 0 atom stereocenters. The van der Waals surface area contributed by atoms with Gasteiger partial charge >= 0.3 is 0 Å². The number of hydrogen-bond donors (Lipinski definition) is 2. The van der Waals surface area contributed by atoms with Crippen LogP contribution in [0.2, 0.25) is 0 Å². The molecule has 0 fully saturated rings. The lowest BCUT2D eigenvalue weighted by atomic mass is 9.91. The van der Waals surface area contributed by atoms with Crippen LogP contribution in [-0.2, 0) is 22.4 Å². The van der Waals surface area contributed by atoms with Crippen molar-refractivity contribution < 1.29 is 13.5 Å². The van der Waals surface area contributed by atoms with E-state index in [0.29, 0.717) is 6.54 Å². The fourth-order valence-electron chi connectivity index (χ4n) is 1.44. The summed E-state index contributed by atoms with van der Waals surface area (Å²) in [5.74, 6) is -0.0293. The lowest BCUT2D eigenvalue weighted by Gasteiger charge is -2.22. The number of hydrogen-bond acceptors (Lipinski definition) is 3. The van der Waals surface area contributed by atoms with Crippen molar-refractivity contribution in [3.63, 3.8) is 0 Å². The second-order valence-electron chi connectivity index (χ2n) is 5.57. The van der Waals surface area contributed by atoms with Gasteiger partial charge in [0.15, 0.2) is 0 Å². The Bertz CT molecular complexity index is 492. The van der Waals surface area contributed by atoms with Crippen molar-refractivity contribution in [1.29, 1.82) is 0 Å². The van der Waals surface area contributed by atoms with Gasteiger partial charge in [0.25, 0.3) is 0 Å². The summed E-state index contributed by atoms with van der Waals surface area (Å²) in [6.45, 7) is 6.52.